The van der Waals surface area contributed by atoms with Gasteiger partial charge in [-0.25, -0.2) is 0 Å². The fourth-order valence-electron chi connectivity index (χ4n) is 1.66. The minimum absolute atomic E-state index is 0.155. The van der Waals surface area contributed by atoms with Crippen LogP contribution in [0, 0.1) is 11.8 Å². The van der Waals surface area contributed by atoms with Crippen LogP contribution in [0.3, 0.4) is 0 Å². The summed E-state index contributed by atoms with van der Waals surface area (Å²) in [6, 6.07) is 0. The molecule has 2 unspecified atom stereocenters. The third-order valence-electron chi connectivity index (χ3n) is 2.41. The second-order valence-corrected chi connectivity index (χ2v) is 3.32. The summed E-state index contributed by atoms with van der Waals surface area (Å²) in [5, 5.41) is 8.99. The summed E-state index contributed by atoms with van der Waals surface area (Å²) in [5.41, 5.74) is 5.10. The Kier molecular flexibility index (Phi) is 3.29. The van der Waals surface area contributed by atoms with E-state index in [1.54, 1.807) is 0 Å². The molecule has 0 heterocycles. The van der Waals surface area contributed by atoms with Crippen molar-refractivity contribution in [3.8, 4) is 0 Å². The molecule has 1 aliphatic rings. The van der Waals surface area contributed by atoms with Crippen LogP contribution in [-0.4, -0.2) is 17.6 Å². The average Bonchev–Trinajstić information content (AvgIpc) is 2.04. The monoisotopic (exact) mass is 169 g/mol. The molecule has 68 valence electrons. The number of rotatable bonds is 3. The number of aliphatic hydroxyl groups excluding tert-OH is 1. The van der Waals surface area contributed by atoms with Crippen molar-refractivity contribution >= 4 is 5.91 Å². The van der Waals surface area contributed by atoms with Gasteiger partial charge in [0.05, 0.1) is 0 Å². The first-order chi connectivity index (χ1) is 5.74. The maximum absolute atomic E-state index is 10.6. The molecule has 12 heavy (non-hydrogen) atoms. The van der Waals surface area contributed by atoms with Gasteiger partial charge in [-0.2, -0.15) is 0 Å². The molecule has 0 bridgehead atoms. The van der Waals surface area contributed by atoms with Gasteiger partial charge in [-0.15, -0.1) is 0 Å². The summed E-state index contributed by atoms with van der Waals surface area (Å²) < 4.78 is 0. The Balaban J connectivity index is 2.49. The van der Waals surface area contributed by atoms with Gasteiger partial charge in [-0.3, -0.25) is 4.79 Å². The lowest BCUT2D eigenvalue weighted by molar-refractivity contribution is -0.119. The zero-order valence-electron chi connectivity index (χ0n) is 7.07. The van der Waals surface area contributed by atoms with Crippen molar-refractivity contribution in [2.45, 2.75) is 19.3 Å². The third-order valence-corrected chi connectivity index (χ3v) is 2.41. The van der Waals surface area contributed by atoms with E-state index in [1.165, 1.54) is 0 Å². The molecule has 0 saturated heterocycles. The van der Waals surface area contributed by atoms with Gasteiger partial charge in [0, 0.05) is 13.0 Å². The Morgan fingerprint density at radius 2 is 2.00 bits per heavy atom. The maximum Gasteiger partial charge on any atom is 0.217 e. The average molecular weight is 169 g/mol. The van der Waals surface area contributed by atoms with E-state index in [2.05, 4.69) is 12.2 Å². The zero-order chi connectivity index (χ0) is 8.97. The number of carbonyl (C=O) groups excluding carboxylic acids is 1. The van der Waals surface area contributed by atoms with Gasteiger partial charge in [-0.1, -0.05) is 12.2 Å². The van der Waals surface area contributed by atoms with Crippen molar-refractivity contribution in [2.24, 2.45) is 17.6 Å². The second kappa shape index (κ2) is 4.26. The fraction of sp³-hybridized carbons (Fsp3) is 0.667. The third kappa shape index (κ3) is 2.34. The van der Waals surface area contributed by atoms with Crippen molar-refractivity contribution in [1.82, 2.24) is 0 Å². The number of carbonyl (C=O) groups is 1. The van der Waals surface area contributed by atoms with E-state index in [0.717, 1.165) is 12.8 Å². The van der Waals surface area contributed by atoms with E-state index in [1.807, 2.05) is 0 Å². The predicted molar refractivity (Wildman–Crippen MR) is 46.3 cm³/mol. The van der Waals surface area contributed by atoms with Gasteiger partial charge in [0.15, 0.2) is 0 Å². The summed E-state index contributed by atoms with van der Waals surface area (Å²) >= 11 is 0. The SMILES string of the molecule is NC(=O)CC1CC=CCC1CO. The number of hydrogen-bond acceptors (Lipinski definition) is 2. The molecule has 3 heteroatoms. The maximum atomic E-state index is 10.6. The first-order valence-electron chi connectivity index (χ1n) is 4.28. The fourth-order valence-corrected chi connectivity index (χ4v) is 1.66. The smallest absolute Gasteiger partial charge is 0.217 e. The molecule has 3 nitrogen and oxygen atoms in total. The standard InChI is InChI=1S/C9H15NO2/c10-9(12)5-7-3-1-2-4-8(7)6-11/h1-2,7-8,11H,3-6H2,(H2,10,12). The van der Waals surface area contributed by atoms with E-state index in [4.69, 9.17) is 10.8 Å². The van der Waals surface area contributed by atoms with Crippen LogP contribution in [0.4, 0.5) is 0 Å². The molecule has 0 fully saturated rings. The minimum atomic E-state index is -0.270. The van der Waals surface area contributed by atoms with Crippen LogP contribution in [0.15, 0.2) is 12.2 Å². The highest BCUT2D eigenvalue weighted by Gasteiger charge is 2.22. The number of amides is 1. The Labute approximate surface area is 72.3 Å². The van der Waals surface area contributed by atoms with E-state index < -0.39 is 0 Å². The molecule has 1 aliphatic carbocycles. The Morgan fingerprint density at radius 3 is 2.50 bits per heavy atom. The van der Waals surface area contributed by atoms with Crippen molar-refractivity contribution in [2.75, 3.05) is 6.61 Å². The van der Waals surface area contributed by atoms with E-state index in [9.17, 15) is 4.79 Å². The highest BCUT2D eigenvalue weighted by Crippen LogP contribution is 2.27. The van der Waals surface area contributed by atoms with Gasteiger partial charge in [0.2, 0.25) is 5.91 Å². The van der Waals surface area contributed by atoms with E-state index in [-0.39, 0.29) is 24.3 Å². The number of nitrogens with two attached hydrogens (primary N) is 1. The molecular formula is C9H15NO2. The molecule has 1 amide bonds. The van der Waals surface area contributed by atoms with Gasteiger partial charge in [-0.05, 0) is 24.7 Å². The minimum Gasteiger partial charge on any atom is -0.396 e. The molecule has 0 aromatic heterocycles. The first-order valence-corrected chi connectivity index (χ1v) is 4.28. The number of aliphatic hydroxyl groups is 1. The quantitative estimate of drug-likeness (QED) is 0.602. The number of allylic oxidation sites excluding steroid dienone is 2. The first kappa shape index (κ1) is 9.26. The van der Waals surface area contributed by atoms with Gasteiger partial charge >= 0.3 is 0 Å². The molecule has 3 N–H and O–H groups in total. The van der Waals surface area contributed by atoms with Crippen LogP contribution in [0.5, 0.6) is 0 Å². The molecule has 0 saturated carbocycles. The molecule has 0 radical (unpaired) electrons. The van der Waals surface area contributed by atoms with Crippen molar-refractivity contribution in [1.29, 1.82) is 0 Å². The normalized spacial score (nSPS) is 28.8. The summed E-state index contributed by atoms with van der Waals surface area (Å²) in [5.74, 6) is 0.203. The van der Waals surface area contributed by atoms with E-state index in [0.29, 0.717) is 6.42 Å². The van der Waals surface area contributed by atoms with Crippen LogP contribution >= 0.6 is 0 Å². The van der Waals surface area contributed by atoms with Crippen molar-refractivity contribution in [3.63, 3.8) is 0 Å². The number of primary amides is 1. The van der Waals surface area contributed by atoms with Crippen molar-refractivity contribution in [3.05, 3.63) is 12.2 Å². The largest absolute Gasteiger partial charge is 0.396 e. The molecular weight excluding hydrogens is 154 g/mol. The van der Waals surface area contributed by atoms with E-state index >= 15 is 0 Å². The highest BCUT2D eigenvalue weighted by molar-refractivity contribution is 5.74. The van der Waals surface area contributed by atoms with Gasteiger partial charge in [0.25, 0.3) is 0 Å². The van der Waals surface area contributed by atoms with Gasteiger partial charge < -0.3 is 10.8 Å². The Hall–Kier alpha value is -0.830. The van der Waals surface area contributed by atoms with Crippen LogP contribution in [0.1, 0.15) is 19.3 Å². The summed E-state index contributed by atoms with van der Waals surface area (Å²) in [4.78, 5) is 10.6. The second-order valence-electron chi connectivity index (χ2n) is 3.32. The van der Waals surface area contributed by atoms with Crippen LogP contribution in [0.2, 0.25) is 0 Å². The highest BCUT2D eigenvalue weighted by atomic mass is 16.3. The van der Waals surface area contributed by atoms with Gasteiger partial charge in [0.1, 0.15) is 0 Å². The van der Waals surface area contributed by atoms with Crippen LogP contribution in [-0.2, 0) is 4.79 Å². The summed E-state index contributed by atoms with van der Waals surface area (Å²) in [6.07, 6.45) is 6.25. The van der Waals surface area contributed by atoms with Crippen LogP contribution < -0.4 is 5.73 Å². The Bertz CT molecular complexity index is 189. The predicted octanol–water partition coefficient (Wildman–Crippen LogP) is 0.436. The number of hydrogen-bond donors (Lipinski definition) is 2. The molecule has 0 aromatic carbocycles. The molecule has 0 spiro atoms. The molecule has 2 atom stereocenters. The zero-order valence-corrected chi connectivity index (χ0v) is 7.07. The summed E-state index contributed by atoms with van der Waals surface area (Å²) in [6.45, 7) is 0.155. The Morgan fingerprint density at radius 1 is 1.42 bits per heavy atom. The topological polar surface area (TPSA) is 63.3 Å². The molecule has 0 aliphatic heterocycles. The van der Waals surface area contributed by atoms with Crippen molar-refractivity contribution < 1.29 is 9.90 Å². The lowest BCUT2D eigenvalue weighted by atomic mass is 9.81. The molecule has 1 rings (SSSR count). The lowest BCUT2D eigenvalue weighted by Crippen LogP contribution is -2.25. The van der Waals surface area contributed by atoms with Crippen LogP contribution in [0.25, 0.3) is 0 Å². The molecule has 0 aromatic rings. The summed E-state index contributed by atoms with van der Waals surface area (Å²) in [7, 11) is 0. The lowest BCUT2D eigenvalue weighted by Gasteiger charge is -2.25.